The van der Waals surface area contributed by atoms with Crippen molar-refractivity contribution in [3.05, 3.63) is 5.01 Å². The molecule has 0 aromatic carbocycles. The van der Waals surface area contributed by atoms with Crippen molar-refractivity contribution in [3.8, 4) is 0 Å². The number of aromatic nitrogens is 14. The van der Waals surface area contributed by atoms with Gasteiger partial charge in [-0.05, 0) is 113 Å². The van der Waals surface area contributed by atoms with Crippen LogP contribution in [0.1, 0.15) is 53.5 Å². The Morgan fingerprint density at radius 3 is 0.729 bits per heavy atom. The molecule has 0 saturated heterocycles. The van der Waals surface area contributed by atoms with Gasteiger partial charge in [-0.1, -0.05) is 162 Å². The van der Waals surface area contributed by atoms with E-state index in [1.165, 1.54) is 11.8 Å². The van der Waals surface area contributed by atoms with Crippen molar-refractivity contribution in [2.24, 2.45) is 0 Å². The fraction of sp³-hybridized carbons (Fsp3) is 0.674. The van der Waals surface area contributed by atoms with Gasteiger partial charge in [-0.2, -0.15) is 0 Å². The summed E-state index contributed by atoms with van der Waals surface area (Å²) in [4.78, 5) is 0. The fourth-order valence-corrected chi connectivity index (χ4v) is 26.4. The van der Waals surface area contributed by atoms with Crippen LogP contribution in [0.4, 0.5) is 0 Å². The summed E-state index contributed by atoms with van der Waals surface area (Å²) >= 11 is 29.3. The van der Waals surface area contributed by atoms with Crippen LogP contribution in [0, 0.1) is 0 Å². The van der Waals surface area contributed by atoms with E-state index in [0.29, 0.717) is 5.75 Å². The number of nitrogens with zero attached hydrogens (tertiary/aromatic N) is 14. The minimum atomic E-state index is 0.559. The monoisotopic (exact) mass is 1560 g/mol. The molecule has 0 saturated carbocycles. The Balaban J connectivity index is 0.000000248. The number of hydrogen-bond donors (Lipinski definition) is 0. The molecule has 0 aliphatic heterocycles. The largest absolute Gasteiger partial charge is 0.786 e. The first kappa shape index (κ1) is 79.0. The highest BCUT2D eigenvalue weighted by Crippen LogP contribution is 2.47. The van der Waals surface area contributed by atoms with Crippen LogP contribution in [0.2, 0.25) is 0 Å². The van der Waals surface area contributed by atoms with Crippen LogP contribution in [0.15, 0.2) is 56.4 Å². The Bertz CT molecular complexity index is 2520. The summed E-state index contributed by atoms with van der Waals surface area (Å²) in [7, 11) is 7.99. The van der Waals surface area contributed by atoms with Crippen molar-refractivity contribution in [3.63, 3.8) is 0 Å². The van der Waals surface area contributed by atoms with Gasteiger partial charge in [-0.3, -0.25) is 0 Å². The van der Waals surface area contributed by atoms with E-state index in [1.807, 2.05) is 48.5 Å². The first-order valence-electron chi connectivity index (χ1n) is 25.7. The summed E-state index contributed by atoms with van der Waals surface area (Å²) in [5, 5.41) is 59.1. The van der Waals surface area contributed by atoms with Gasteiger partial charge in [0.2, 0.25) is 0 Å². The molecule has 7 rings (SSSR count). The quantitative estimate of drug-likeness (QED) is 0.0149. The normalized spacial score (nSPS) is 11.2. The van der Waals surface area contributed by atoms with Crippen LogP contribution in [-0.4, -0.2) is 204 Å². The zero-order valence-corrected chi connectivity index (χ0v) is 64.4. The third-order valence-electron chi connectivity index (χ3n) is 8.07. The molecule has 85 heavy (non-hydrogen) atoms. The van der Waals surface area contributed by atoms with Gasteiger partial charge >= 0.3 is 0 Å². The van der Waals surface area contributed by atoms with Crippen LogP contribution in [0.25, 0.3) is 0 Å². The molecule has 0 aliphatic carbocycles. The summed E-state index contributed by atoms with van der Waals surface area (Å²) in [6, 6.07) is 0. The molecule has 0 spiro atoms. The number of thioether (sulfide) groups is 7. The maximum absolute atomic E-state index is 5.32. The molecule has 0 radical (unpaired) electrons. The van der Waals surface area contributed by atoms with Crippen molar-refractivity contribution in [1.82, 2.24) is 71.4 Å². The van der Waals surface area contributed by atoms with Crippen LogP contribution in [-0.2, 0) is 51.5 Å². The summed E-state index contributed by atoms with van der Waals surface area (Å²) in [6.07, 6.45) is 0. The second-order valence-electron chi connectivity index (χ2n) is 13.9. The standard InChI is InChI=1S/C12H18N4O2S7.C12H18N4O2S6.C12H18N4O2S5.C7H12N2OS3/c1-3-17-5-7-19-9-13-15-11(21-9)23-25-24-12-16-14-10(22-12)20-8-6-18-4-2;1-3-17-5-7-19-9-13-15-11(21-9)23-24-12-16-14-10(22-12)20-8-6-18-4-2;1-3-17-5-7-19-9-13-15-11(21-9)23-12-16-14-10(22-12)20-8-6-18-4-2;1-2-10-3-4-12-7-9-8-6(5-11)13-7/h3-8H2,1-2H3;3-8H2,1-2H3;3-8H2,1-2H3;11H,2-5H2,1H3/p-1. The Morgan fingerprint density at radius 1 is 0.271 bits per heavy atom. The zero-order chi connectivity index (χ0) is 60.6. The highest BCUT2D eigenvalue weighted by atomic mass is 33.5. The fourth-order valence-electron chi connectivity index (χ4n) is 4.65. The van der Waals surface area contributed by atoms with E-state index in [-0.39, 0.29) is 0 Å². The minimum Gasteiger partial charge on any atom is -0.786 e. The number of rotatable bonds is 45. The lowest BCUT2D eigenvalue weighted by Crippen LogP contribution is -1.95. The van der Waals surface area contributed by atoms with Gasteiger partial charge in [0.25, 0.3) is 0 Å². The molecule has 7 aromatic heterocycles. The van der Waals surface area contributed by atoms with Gasteiger partial charge in [0.15, 0.2) is 56.4 Å². The molecule has 7 aromatic rings. The number of ether oxygens (including phenoxy) is 7. The highest BCUT2D eigenvalue weighted by Gasteiger charge is 2.14. The summed E-state index contributed by atoms with van der Waals surface area (Å²) in [6.45, 7) is 24.5. The van der Waals surface area contributed by atoms with E-state index in [9.17, 15) is 0 Å². The highest BCUT2D eigenvalue weighted by molar-refractivity contribution is 9.09. The van der Waals surface area contributed by atoms with Gasteiger partial charge in [0.05, 0.1) is 51.3 Å². The first-order valence-corrected chi connectivity index (χ1v) is 45.3. The van der Waals surface area contributed by atoms with Crippen LogP contribution < -0.4 is 0 Å². The Morgan fingerprint density at radius 2 is 0.482 bits per heavy atom. The smallest absolute Gasteiger partial charge is 0.186 e. The third kappa shape index (κ3) is 39.1. The molecule has 0 amide bonds. The van der Waals surface area contributed by atoms with E-state index in [1.54, 1.807) is 215 Å². The Labute approximate surface area is 584 Å². The predicted molar refractivity (Wildman–Crippen MR) is 376 cm³/mol. The zero-order valence-electron chi connectivity index (χ0n) is 47.2. The maximum Gasteiger partial charge on any atom is 0.186 e. The molecule has 0 aliphatic rings. The van der Waals surface area contributed by atoms with Crippen molar-refractivity contribution < 1.29 is 33.2 Å². The lowest BCUT2D eigenvalue weighted by Gasteiger charge is -1.97. The summed E-state index contributed by atoms with van der Waals surface area (Å²) < 4.78 is 49.5. The molecule has 0 unspecified atom stereocenters. The summed E-state index contributed by atoms with van der Waals surface area (Å²) in [5.74, 6) is 6.90. The second-order valence-corrected chi connectivity index (χ2v) is 39.1. The molecule has 476 valence electrons. The molecule has 7 heterocycles. The van der Waals surface area contributed by atoms with Crippen molar-refractivity contribution in [2.75, 3.05) is 133 Å². The topological polar surface area (TPSA) is 245 Å². The molecule has 42 heteroatoms. The van der Waals surface area contributed by atoms with E-state index in [0.717, 1.165) is 194 Å². The molecular weight excluding hydrogens is 1500 g/mol. The maximum atomic E-state index is 5.32. The second kappa shape index (κ2) is 53.9. The molecule has 0 bridgehead atoms. The molecule has 21 nitrogen and oxygen atoms in total. The first-order chi connectivity index (χ1) is 41.8. The lowest BCUT2D eigenvalue weighted by molar-refractivity contribution is 0.164. The predicted octanol–water partition coefficient (Wildman–Crippen LogP) is 15.1. The van der Waals surface area contributed by atoms with Crippen LogP contribution in [0.5, 0.6) is 0 Å². The molecular formula is C43H65N14O7S21-. The van der Waals surface area contributed by atoms with E-state index >= 15 is 0 Å². The van der Waals surface area contributed by atoms with Crippen molar-refractivity contribution in [1.29, 1.82) is 0 Å². The van der Waals surface area contributed by atoms with Crippen molar-refractivity contribution >= 4 is 239 Å². The molecule has 0 N–H and O–H groups in total. The lowest BCUT2D eigenvalue weighted by atomic mass is 10.8. The van der Waals surface area contributed by atoms with E-state index < -0.39 is 0 Å². The molecule has 0 atom stereocenters. The van der Waals surface area contributed by atoms with Crippen molar-refractivity contribution in [2.45, 2.75) is 111 Å². The Hall–Kier alpha value is 1.54. The average Bonchev–Trinajstić information content (AvgIpc) is 4.62. The van der Waals surface area contributed by atoms with Gasteiger partial charge < -0.3 is 45.8 Å². The third-order valence-corrected chi connectivity index (χ3v) is 31.1. The van der Waals surface area contributed by atoms with Crippen LogP contribution >= 0.6 is 226 Å². The Kier molecular flexibility index (Phi) is 50.0. The SMILES string of the molecule is CCOCCSc1nnc(C[S-])s1.CCOCCSc1nnc(SSSc2nnc(SCCOCC)s2)s1.CCOCCSc1nnc(SSc2nnc(SCCOCC)s2)s1.CCOCCSc1nnc(Sc2nnc(SCCOCC)s2)s1. The van der Waals surface area contributed by atoms with Gasteiger partial charge in [0, 0.05) is 86.5 Å². The van der Waals surface area contributed by atoms with E-state index in [2.05, 4.69) is 71.4 Å². The average molecular weight is 1560 g/mol. The van der Waals surface area contributed by atoms with Gasteiger partial charge in [-0.25, -0.2) is 0 Å². The van der Waals surface area contributed by atoms with Gasteiger partial charge in [0.1, 0.15) is 0 Å². The minimum absolute atomic E-state index is 0.559. The molecule has 0 fully saturated rings. The summed E-state index contributed by atoms with van der Waals surface area (Å²) in [5.41, 5.74) is 0. The van der Waals surface area contributed by atoms with Gasteiger partial charge in [-0.15, -0.1) is 77.1 Å². The van der Waals surface area contributed by atoms with E-state index in [4.69, 9.17) is 45.8 Å². The van der Waals surface area contributed by atoms with Crippen LogP contribution in [0.3, 0.4) is 0 Å². The number of hydrogen-bond acceptors (Lipinski definition) is 42.